The molecule has 104 valence electrons. The van der Waals surface area contributed by atoms with E-state index >= 15 is 0 Å². The molecule has 0 spiro atoms. The van der Waals surface area contributed by atoms with E-state index in [0.717, 1.165) is 18.9 Å². The fraction of sp³-hybridized carbons (Fsp3) is 0.294. The second-order valence-electron chi connectivity index (χ2n) is 5.34. The first-order chi connectivity index (χ1) is 9.65. The standard InChI is InChI=1S/C17H15BrF2/c18-17-13(6-5-11-3-1-2-4-15(11)17)9-12-7-8-14(19)10-16(12)20/h1-4,7-8,10,13,17H,5-6,9H2. The SMILES string of the molecule is Fc1ccc(CC2CCc3ccccc3C2Br)c(F)c1. The van der Waals surface area contributed by atoms with Crippen LogP contribution in [-0.2, 0) is 12.8 Å². The second kappa shape index (κ2) is 5.65. The Morgan fingerprint density at radius 2 is 1.90 bits per heavy atom. The zero-order chi connectivity index (χ0) is 14.1. The molecule has 0 amide bonds. The molecule has 2 aromatic rings. The molecule has 3 rings (SSSR count). The van der Waals surface area contributed by atoms with E-state index in [1.165, 1.54) is 17.2 Å². The maximum atomic E-state index is 13.8. The average molecular weight is 337 g/mol. The largest absolute Gasteiger partial charge is 0.207 e. The van der Waals surface area contributed by atoms with Gasteiger partial charge in [0.1, 0.15) is 11.6 Å². The van der Waals surface area contributed by atoms with Crippen molar-refractivity contribution >= 4 is 15.9 Å². The number of alkyl halides is 1. The fourth-order valence-electron chi connectivity index (χ4n) is 2.95. The highest BCUT2D eigenvalue weighted by Crippen LogP contribution is 2.42. The molecule has 1 aliphatic rings. The summed E-state index contributed by atoms with van der Waals surface area (Å²) in [6.07, 6.45) is 2.67. The number of aryl methyl sites for hydroxylation is 1. The van der Waals surface area contributed by atoms with Crippen LogP contribution in [0.3, 0.4) is 0 Å². The summed E-state index contributed by atoms with van der Waals surface area (Å²) in [5.41, 5.74) is 3.26. The highest BCUT2D eigenvalue weighted by molar-refractivity contribution is 9.09. The number of hydrogen-bond donors (Lipinski definition) is 0. The Labute approximate surface area is 126 Å². The molecule has 0 nitrogen and oxygen atoms in total. The molecule has 2 atom stereocenters. The predicted molar refractivity (Wildman–Crippen MR) is 80.0 cm³/mol. The topological polar surface area (TPSA) is 0 Å². The third-order valence-corrected chi connectivity index (χ3v) is 5.29. The van der Waals surface area contributed by atoms with Gasteiger partial charge >= 0.3 is 0 Å². The molecule has 0 fully saturated rings. The zero-order valence-electron chi connectivity index (χ0n) is 11.0. The van der Waals surface area contributed by atoms with Gasteiger partial charge in [-0.05, 0) is 47.9 Å². The average Bonchev–Trinajstić information content (AvgIpc) is 2.45. The number of fused-ring (bicyclic) bond motifs is 1. The maximum absolute atomic E-state index is 13.8. The summed E-state index contributed by atoms with van der Waals surface area (Å²) in [5, 5.41) is 0. The molecule has 3 heteroatoms. The van der Waals surface area contributed by atoms with Crippen LogP contribution in [0.5, 0.6) is 0 Å². The lowest BCUT2D eigenvalue weighted by molar-refractivity contribution is 0.442. The lowest BCUT2D eigenvalue weighted by Crippen LogP contribution is -2.19. The van der Waals surface area contributed by atoms with Gasteiger partial charge in [-0.2, -0.15) is 0 Å². The Morgan fingerprint density at radius 3 is 2.70 bits per heavy atom. The Hall–Kier alpha value is -1.22. The second-order valence-corrected chi connectivity index (χ2v) is 6.33. The van der Waals surface area contributed by atoms with Crippen LogP contribution in [0.25, 0.3) is 0 Å². The van der Waals surface area contributed by atoms with Crippen molar-refractivity contribution in [3.05, 3.63) is 70.8 Å². The quantitative estimate of drug-likeness (QED) is 0.660. The molecule has 0 saturated carbocycles. The van der Waals surface area contributed by atoms with Crippen molar-refractivity contribution < 1.29 is 8.78 Å². The Kier molecular flexibility index (Phi) is 3.88. The van der Waals surface area contributed by atoms with E-state index in [4.69, 9.17) is 0 Å². The summed E-state index contributed by atoms with van der Waals surface area (Å²) in [7, 11) is 0. The predicted octanol–water partition coefficient (Wildman–Crippen LogP) is 5.21. The van der Waals surface area contributed by atoms with Crippen molar-refractivity contribution in [3.63, 3.8) is 0 Å². The van der Waals surface area contributed by atoms with Crippen LogP contribution >= 0.6 is 15.9 Å². The highest BCUT2D eigenvalue weighted by Gasteiger charge is 2.28. The Bertz CT molecular complexity index is 624. The Balaban J connectivity index is 1.83. The van der Waals surface area contributed by atoms with Gasteiger partial charge in [-0.25, -0.2) is 8.78 Å². The van der Waals surface area contributed by atoms with Crippen molar-refractivity contribution in [2.45, 2.75) is 24.1 Å². The Morgan fingerprint density at radius 1 is 1.10 bits per heavy atom. The first-order valence-electron chi connectivity index (χ1n) is 6.81. The van der Waals surface area contributed by atoms with Gasteiger partial charge in [0.25, 0.3) is 0 Å². The van der Waals surface area contributed by atoms with E-state index in [9.17, 15) is 8.78 Å². The molecular formula is C17H15BrF2. The van der Waals surface area contributed by atoms with Crippen LogP contribution in [0.1, 0.15) is 27.9 Å². The molecule has 0 N–H and O–H groups in total. The molecule has 0 aromatic heterocycles. The smallest absolute Gasteiger partial charge is 0.129 e. The fourth-order valence-corrected chi connectivity index (χ4v) is 3.85. The summed E-state index contributed by atoms with van der Waals surface area (Å²) < 4.78 is 26.7. The third kappa shape index (κ3) is 2.64. The summed E-state index contributed by atoms with van der Waals surface area (Å²) >= 11 is 3.75. The summed E-state index contributed by atoms with van der Waals surface area (Å²) in [5.74, 6) is -0.621. The van der Waals surface area contributed by atoms with Gasteiger partial charge in [-0.15, -0.1) is 0 Å². The summed E-state index contributed by atoms with van der Waals surface area (Å²) in [6.45, 7) is 0. The molecule has 2 unspecified atom stereocenters. The normalized spacial score (nSPS) is 21.6. The minimum absolute atomic E-state index is 0.233. The molecule has 2 aromatic carbocycles. The lowest BCUT2D eigenvalue weighted by atomic mass is 9.80. The lowest BCUT2D eigenvalue weighted by Gasteiger charge is -2.30. The van der Waals surface area contributed by atoms with Crippen LogP contribution in [0.4, 0.5) is 8.78 Å². The number of hydrogen-bond acceptors (Lipinski definition) is 0. The van der Waals surface area contributed by atoms with Crippen molar-refractivity contribution in [2.24, 2.45) is 5.92 Å². The van der Waals surface area contributed by atoms with E-state index in [1.54, 1.807) is 6.07 Å². The minimum Gasteiger partial charge on any atom is -0.207 e. The number of benzene rings is 2. The maximum Gasteiger partial charge on any atom is 0.129 e. The van der Waals surface area contributed by atoms with Gasteiger partial charge < -0.3 is 0 Å². The monoisotopic (exact) mass is 336 g/mol. The van der Waals surface area contributed by atoms with Crippen LogP contribution in [-0.4, -0.2) is 0 Å². The minimum atomic E-state index is -0.518. The molecule has 20 heavy (non-hydrogen) atoms. The number of rotatable bonds is 2. The van der Waals surface area contributed by atoms with Crippen LogP contribution in [0.15, 0.2) is 42.5 Å². The van der Waals surface area contributed by atoms with Crippen molar-refractivity contribution in [1.82, 2.24) is 0 Å². The van der Waals surface area contributed by atoms with Crippen molar-refractivity contribution in [1.29, 1.82) is 0 Å². The molecule has 0 bridgehead atoms. The first kappa shape index (κ1) is 13.7. The van der Waals surface area contributed by atoms with Gasteiger partial charge in [0.2, 0.25) is 0 Å². The van der Waals surface area contributed by atoms with E-state index in [-0.39, 0.29) is 4.83 Å². The molecular weight excluding hydrogens is 322 g/mol. The summed E-state index contributed by atoms with van der Waals surface area (Å²) in [6, 6.07) is 12.2. The molecule has 1 aliphatic carbocycles. The van der Waals surface area contributed by atoms with Crippen molar-refractivity contribution in [3.8, 4) is 0 Å². The first-order valence-corrected chi connectivity index (χ1v) is 7.72. The van der Waals surface area contributed by atoms with Gasteiger partial charge in [-0.1, -0.05) is 46.3 Å². The third-order valence-electron chi connectivity index (χ3n) is 4.05. The van der Waals surface area contributed by atoms with E-state index in [2.05, 4.69) is 34.1 Å². The van der Waals surface area contributed by atoms with E-state index in [1.807, 2.05) is 6.07 Å². The van der Waals surface area contributed by atoms with Gasteiger partial charge in [0, 0.05) is 10.9 Å². The van der Waals surface area contributed by atoms with Crippen molar-refractivity contribution in [2.75, 3.05) is 0 Å². The number of halogens is 3. The van der Waals surface area contributed by atoms with Crippen LogP contribution in [0.2, 0.25) is 0 Å². The van der Waals surface area contributed by atoms with E-state index < -0.39 is 11.6 Å². The van der Waals surface area contributed by atoms with Gasteiger partial charge in [0.15, 0.2) is 0 Å². The van der Waals surface area contributed by atoms with Crippen LogP contribution < -0.4 is 0 Å². The molecule has 0 aliphatic heterocycles. The van der Waals surface area contributed by atoms with E-state index in [0.29, 0.717) is 17.9 Å². The molecule has 0 radical (unpaired) electrons. The zero-order valence-corrected chi connectivity index (χ0v) is 12.5. The molecule has 0 saturated heterocycles. The van der Waals surface area contributed by atoms with Gasteiger partial charge in [-0.3, -0.25) is 0 Å². The molecule has 0 heterocycles. The van der Waals surface area contributed by atoms with Crippen LogP contribution in [0, 0.1) is 17.6 Å². The highest BCUT2D eigenvalue weighted by atomic mass is 79.9. The summed E-state index contributed by atoms with van der Waals surface area (Å²) in [4.78, 5) is 0.233. The van der Waals surface area contributed by atoms with Gasteiger partial charge in [0.05, 0.1) is 0 Å².